The number of carbonyl (C=O) groups is 3. The average Bonchev–Trinajstić information content (AvgIpc) is 2.57. The minimum Gasteiger partial charge on any atom is -0.452 e. The molecule has 0 saturated heterocycles. The van der Waals surface area contributed by atoms with Crippen LogP contribution in [0.5, 0.6) is 0 Å². The van der Waals surface area contributed by atoms with Crippen LogP contribution < -0.4 is 10.6 Å². The van der Waals surface area contributed by atoms with Crippen LogP contribution in [0.1, 0.15) is 32.6 Å². The molecular formula is C20H22N2O4. The van der Waals surface area contributed by atoms with Crippen LogP contribution in [-0.4, -0.2) is 24.5 Å². The minimum absolute atomic E-state index is 0.400. The number of urea groups is 1. The highest BCUT2D eigenvalue weighted by molar-refractivity contribution is 6.02. The van der Waals surface area contributed by atoms with Crippen LogP contribution in [0.25, 0.3) is 0 Å². The number of rotatable bonds is 4. The van der Waals surface area contributed by atoms with E-state index >= 15 is 0 Å². The Balaban J connectivity index is 1.87. The van der Waals surface area contributed by atoms with Gasteiger partial charge in [0.15, 0.2) is 6.61 Å². The first-order chi connectivity index (χ1) is 12.3. The first kappa shape index (κ1) is 19.2. The van der Waals surface area contributed by atoms with Crippen molar-refractivity contribution in [2.75, 3.05) is 11.9 Å². The topological polar surface area (TPSA) is 84.5 Å². The second-order valence-corrected chi connectivity index (χ2v) is 6.22. The molecule has 0 aliphatic rings. The highest BCUT2D eigenvalue weighted by Gasteiger charge is 2.15. The van der Waals surface area contributed by atoms with Crippen molar-refractivity contribution in [3.05, 3.63) is 64.2 Å². The van der Waals surface area contributed by atoms with Gasteiger partial charge in [0, 0.05) is 5.69 Å². The molecule has 0 aromatic heterocycles. The Morgan fingerprint density at radius 2 is 1.54 bits per heavy atom. The maximum atomic E-state index is 12.1. The molecule has 6 nitrogen and oxygen atoms in total. The van der Waals surface area contributed by atoms with Gasteiger partial charge in [-0.3, -0.25) is 10.1 Å². The van der Waals surface area contributed by atoms with Crippen LogP contribution in [0.3, 0.4) is 0 Å². The molecular weight excluding hydrogens is 332 g/mol. The Morgan fingerprint density at radius 1 is 0.885 bits per heavy atom. The smallest absolute Gasteiger partial charge is 0.338 e. The summed E-state index contributed by atoms with van der Waals surface area (Å²) in [7, 11) is 0. The first-order valence-corrected chi connectivity index (χ1v) is 8.18. The van der Waals surface area contributed by atoms with E-state index in [4.69, 9.17) is 4.74 Å². The number of aryl methyl sites for hydroxylation is 4. The van der Waals surface area contributed by atoms with E-state index in [-0.39, 0.29) is 0 Å². The SMILES string of the molecule is Cc1ccc(NC(=O)NC(=O)COC(=O)c2cc(C)ccc2C)c(C)c1. The fraction of sp³-hybridized carbons (Fsp3) is 0.250. The maximum Gasteiger partial charge on any atom is 0.338 e. The van der Waals surface area contributed by atoms with Crippen LogP contribution in [0.4, 0.5) is 10.5 Å². The second-order valence-electron chi connectivity index (χ2n) is 6.22. The number of imide groups is 1. The fourth-order valence-corrected chi connectivity index (χ4v) is 2.43. The predicted molar refractivity (Wildman–Crippen MR) is 99.3 cm³/mol. The normalized spacial score (nSPS) is 10.2. The molecule has 0 radical (unpaired) electrons. The number of amides is 3. The molecule has 6 heteroatoms. The van der Waals surface area contributed by atoms with E-state index in [9.17, 15) is 14.4 Å². The Bertz CT molecular complexity index is 859. The number of hydrogen-bond donors (Lipinski definition) is 2. The number of benzene rings is 2. The molecule has 2 aromatic carbocycles. The van der Waals surface area contributed by atoms with Gasteiger partial charge in [0.25, 0.3) is 5.91 Å². The number of esters is 1. The molecule has 136 valence electrons. The predicted octanol–water partition coefficient (Wildman–Crippen LogP) is 3.43. The Hall–Kier alpha value is -3.15. The standard InChI is InChI=1S/C20H22N2O4/c1-12-6-8-17(15(4)9-12)21-20(25)22-18(23)11-26-19(24)16-10-13(2)5-7-14(16)3/h5-10H,11H2,1-4H3,(H2,21,22,23,25). The molecule has 2 N–H and O–H groups in total. The summed E-state index contributed by atoms with van der Waals surface area (Å²) in [5.41, 5.74) is 4.64. The third kappa shape index (κ3) is 5.17. The first-order valence-electron chi connectivity index (χ1n) is 8.18. The molecule has 0 atom stereocenters. The highest BCUT2D eigenvalue weighted by Crippen LogP contribution is 2.15. The van der Waals surface area contributed by atoms with Gasteiger partial charge >= 0.3 is 12.0 Å². The third-order valence-electron chi connectivity index (χ3n) is 3.83. The lowest BCUT2D eigenvalue weighted by atomic mass is 10.1. The van der Waals surface area contributed by atoms with Crippen molar-refractivity contribution in [2.45, 2.75) is 27.7 Å². The summed E-state index contributed by atoms with van der Waals surface area (Å²) in [4.78, 5) is 35.8. The maximum absolute atomic E-state index is 12.1. The number of nitrogens with one attached hydrogen (secondary N) is 2. The molecule has 0 unspecified atom stereocenters. The van der Waals surface area contributed by atoms with Crippen molar-refractivity contribution in [2.24, 2.45) is 0 Å². The third-order valence-corrected chi connectivity index (χ3v) is 3.83. The number of anilines is 1. The molecule has 2 aromatic rings. The number of ether oxygens (including phenoxy) is 1. The van der Waals surface area contributed by atoms with Crippen LogP contribution >= 0.6 is 0 Å². The summed E-state index contributed by atoms with van der Waals surface area (Å²) in [6.45, 7) is 6.92. The van der Waals surface area contributed by atoms with Gasteiger partial charge in [0.1, 0.15) is 0 Å². The van der Waals surface area contributed by atoms with E-state index in [1.165, 1.54) is 0 Å². The highest BCUT2D eigenvalue weighted by atomic mass is 16.5. The Kier molecular flexibility index (Phi) is 6.11. The Labute approximate surface area is 152 Å². The van der Waals surface area contributed by atoms with Gasteiger partial charge in [-0.15, -0.1) is 0 Å². The summed E-state index contributed by atoms with van der Waals surface area (Å²) in [5.74, 6) is -1.30. The van der Waals surface area contributed by atoms with E-state index in [1.807, 2.05) is 45.0 Å². The molecule has 0 bridgehead atoms. The van der Waals surface area contributed by atoms with E-state index in [2.05, 4.69) is 10.6 Å². The van der Waals surface area contributed by atoms with Crippen molar-refractivity contribution in [1.82, 2.24) is 5.32 Å². The zero-order valence-electron chi connectivity index (χ0n) is 15.3. The van der Waals surface area contributed by atoms with Crippen molar-refractivity contribution in [1.29, 1.82) is 0 Å². The number of hydrogen-bond acceptors (Lipinski definition) is 4. The monoisotopic (exact) mass is 354 g/mol. The zero-order chi connectivity index (χ0) is 19.3. The van der Waals surface area contributed by atoms with E-state index < -0.39 is 24.5 Å². The van der Waals surface area contributed by atoms with Gasteiger partial charge < -0.3 is 10.1 Å². The van der Waals surface area contributed by atoms with Gasteiger partial charge in [-0.25, -0.2) is 9.59 Å². The molecule has 0 fully saturated rings. The summed E-state index contributed by atoms with van der Waals surface area (Å²) in [5, 5.41) is 4.73. The van der Waals surface area contributed by atoms with Crippen LogP contribution in [0.2, 0.25) is 0 Å². The van der Waals surface area contributed by atoms with Gasteiger partial charge in [-0.2, -0.15) is 0 Å². The lowest BCUT2D eigenvalue weighted by molar-refractivity contribution is -0.123. The summed E-state index contributed by atoms with van der Waals surface area (Å²) in [6.07, 6.45) is 0. The fourth-order valence-electron chi connectivity index (χ4n) is 2.43. The van der Waals surface area contributed by atoms with Crippen molar-refractivity contribution in [3.63, 3.8) is 0 Å². The van der Waals surface area contributed by atoms with Crippen LogP contribution in [0.15, 0.2) is 36.4 Å². The molecule has 0 saturated carbocycles. The lowest BCUT2D eigenvalue weighted by Gasteiger charge is -2.10. The van der Waals surface area contributed by atoms with Crippen LogP contribution in [0, 0.1) is 27.7 Å². The van der Waals surface area contributed by atoms with Gasteiger partial charge in [-0.05, 0) is 51.0 Å². The van der Waals surface area contributed by atoms with E-state index in [0.29, 0.717) is 11.3 Å². The van der Waals surface area contributed by atoms with Crippen molar-refractivity contribution < 1.29 is 19.1 Å². The largest absolute Gasteiger partial charge is 0.452 e. The molecule has 26 heavy (non-hydrogen) atoms. The molecule has 3 amide bonds. The summed E-state index contributed by atoms with van der Waals surface area (Å²) < 4.78 is 4.99. The van der Waals surface area contributed by atoms with Gasteiger partial charge in [0.2, 0.25) is 0 Å². The average molecular weight is 354 g/mol. The molecule has 0 heterocycles. The van der Waals surface area contributed by atoms with Crippen molar-refractivity contribution in [3.8, 4) is 0 Å². The minimum atomic E-state index is -0.703. The molecule has 0 aliphatic carbocycles. The van der Waals surface area contributed by atoms with Crippen LogP contribution in [-0.2, 0) is 9.53 Å². The quantitative estimate of drug-likeness (QED) is 0.824. The molecule has 0 spiro atoms. The Morgan fingerprint density at radius 3 is 2.23 bits per heavy atom. The van der Waals surface area contributed by atoms with Gasteiger partial charge in [-0.1, -0.05) is 35.4 Å². The summed E-state index contributed by atoms with van der Waals surface area (Å²) >= 11 is 0. The number of carbonyl (C=O) groups excluding carboxylic acids is 3. The molecule has 0 aliphatic heterocycles. The van der Waals surface area contributed by atoms with Gasteiger partial charge in [0.05, 0.1) is 5.56 Å². The summed E-state index contributed by atoms with van der Waals surface area (Å²) in [6, 6.07) is 10.3. The van der Waals surface area contributed by atoms with E-state index in [0.717, 1.165) is 22.3 Å². The molecule has 2 rings (SSSR count). The van der Waals surface area contributed by atoms with E-state index in [1.54, 1.807) is 19.1 Å². The lowest BCUT2D eigenvalue weighted by Crippen LogP contribution is -2.37. The second kappa shape index (κ2) is 8.29. The van der Waals surface area contributed by atoms with Crippen molar-refractivity contribution >= 4 is 23.6 Å². The zero-order valence-corrected chi connectivity index (χ0v) is 15.3.